The Morgan fingerprint density at radius 3 is 2.77 bits per heavy atom. The average molecular weight is 174 g/mol. The Kier molecular flexibility index (Phi) is 2.92. The van der Waals surface area contributed by atoms with Gasteiger partial charge in [-0.1, -0.05) is 56.4 Å². The number of rotatable bonds is 1. The van der Waals surface area contributed by atoms with E-state index in [1.54, 1.807) is 0 Å². The minimum absolute atomic E-state index is 0.153. The molecule has 1 aliphatic carbocycles. The summed E-state index contributed by atoms with van der Waals surface area (Å²) in [6, 6.07) is 0. The van der Waals surface area contributed by atoms with Gasteiger partial charge in [0, 0.05) is 5.41 Å². The fourth-order valence-corrected chi connectivity index (χ4v) is 1.53. The van der Waals surface area contributed by atoms with E-state index in [4.69, 9.17) is 0 Å². The van der Waals surface area contributed by atoms with Gasteiger partial charge in [-0.05, 0) is 18.9 Å². The van der Waals surface area contributed by atoms with Crippen LogP contribution in [-0.4, -0.2) is 0 Å². The minimum atomic E-state index is 0.153. The van der Waals surface area contributed by atoms with Gasteiger partial charge in [-0.25, -0.2) is 0 Å². The van der Waals surface area contributed by atoms with Crippen LogP contribution in [0.1, 0.15) is 27.2 Å². The van der Waals surface area contributed by atoms with Gasteiger partial charge in [0.15, 0.2) is 0 Å². The van der Waals surface area contributed by atoms with Crippen molar-refractivity contribution in [2.24, 2.45) is 5.41 Å². The largest absolute Gasteiger partial charge is 0.0985 e. The van der Waals surface area contributed by atoms with Gasteiger partial charge in [0.05, 0.1) is 0 Å². The fourth-order valence-electron chi connectivity index (χ4n) is 1.53. The van der Waals surface area contributed by atoms with Crippen LogP contribution in [0.3, 0.4) is 0 Å². The molecular formula is C13H18. The van der Waals surface area contributed by atoms with E-state index in [9.17, 15) is 0 Å². The van der Waals surface area contributed by atoms with Crippen LogP contribution in [0.25, 0.3) is 0 Å². The standard InChI is InChI=1S/C13H18/c1-5-12-9-11(2)7-6-8-13(3,4)10-12/h5-6,8-10H,1,7H2,2-4H3/b8-6-,11-9?,12-10-. The highest BCUT2D eigenvalue weighted by Crippen LogP contribution is 2.25. The summed E-state index contributed by atoms with van der Waals surface area (Å²) in [5.74, 6) is 0. The zero-order valence-electron chi connectivity index (χ0n) is 8.80. The first kappa shape index (κ1) is 10.0. The number of hydrogen-bond donors (Lipinski definition) is 0. The molecule has 13 heavy (non-hydrogen) atoms. The first-order valence-corrected chi connectivity index (χ1v) is 4.74. The van der Waals surface area contributed by atoms with Crippen molar-refractivity contribution in [3.63, 3.8) is 0 Å². The summed E-state index contributed by atoms with van der Waals surface area (Å²) < 4.78 is 0. The van der Waals surface area contributed by atoms with Gasteiger partial charge in [0.25, 0.3) is 0 Å². The molecule has 0 spiro atoms. The zero-order valence-corrected chi connectivity index (χ0v) is 8.80. The second kappa shape index (κ2) is 3.78. The van der Waals surface area contributed by atoms with E-state index >= 15 is 0 Å². The van der Waals surface area contributed by atoms with Crippen molar-refractivity contribution in [1.82, 2.24) is 0 Å². The molecule has 0 saturated carbocycles. The summed E-state index contributed by atoms with van der Waals surface area (Å²) in [5.41, 5.74) is 2.77. The molecule has 0 amide bonds. The summed E-state index contributed by atoms with van der Waals surface area (Å²) in [6.07, 6.45) is 11.9. The Morgan fingerprint density at radius 1 is 1.46 bits per heavy atom. The third-order valence-electron chi connectivity index (χ3n) is 2.17. The molecule has 0 nitrogen and oxygen atoms in total. The zero-order chi connectivity index (χ0) is 9.90. The molecule has 0 aromatic rings. The van der Waals surface area contributed by atoms with Crippen LogP contribution < -0.4 is 0 Å². The highest BCUT2D eigenvalue weighted by Gasteiger charge is 2.11. The van der Waals surface area contributed by atoms with Crippen molar-refractivity contribution >= 4 is 0 Å². The molecule has 0 saturated heterocycles. The summed E-state index contributed by atoms with van der Waals surface area (Å²) in [7, 11) is 0. The van der Waals surface area contributed by atoms with Crippen molar-refractivity contribution in [2.45, 2.75) is 27.2 Å². The summed E-state index contributed by atoms with van der Waals surface area (Å²) in [5, 5.41) is 0. The van der Waals surface area contributed by atoms with Gasteiger partial charge in [-0.3, -0.25) is 0 Å². The van der Waals surface area contributed by atoms with Gasteiger partial charge < -0.3 is 0 Å². The van der Waals surface area contributed by atoms with Gasteiger partial charge in [0.1, 0.15) is 0 Å². The van der Waals surface area contributed by atoms with Crippen LogP contribution in [0.2, 0.25) is 0 Å². The summed E-state index contributed by atoms with van der Waals surface area (Å²) >= 11 is 0. The Balaban J connectivity index is 3.08. The molecule has 0 unspecified atom stereocenters. The molecule has 70 valence electrons. The molecule has 0 fully saturated rings. The topological polar surface area (TPSA) is 0 Å². The molecular weight excluding hydrogens is 156 g/mol. The van der Waals surface area contributed by atoms with Gasteiger partial charge >= 0.3 is 0 Å². The SMILES string of the molecule is C=C/C1=C/C(C)(C)/C=C\CC(C)=C1. The summed E-state index contributed by atoms with van der Waals surface area (Å²) in [6.45, 7) is 10.4. The molecule has 0 heteroatoms. The molecule has 0 bridgehead atoms. The third-order valence-corrected chi connectivity index (χ3v) is 2.17. The van der Waals surface area contributed by atoms with E-state index < -0.39 is 0 Å². The first-order valence-electron chi connectivity index (χ1n) is 4.74. The molecule has 0 N–H and O–H groups in total. The van der Waals surface area contributed by atoms with Crippen LogP contribution in [0, 0.1) is 5.41 Å². The fraction of sp³-hybridized carbons (Fsp3) is 0.385. The van der Waals surface area contributed by atoms with Crippen molar-refractivity contribution in [2.75, 3.05) is 0 Å². The van der Waals surface area contributed by atoms with Crippen LogP contribution in [0.4, 0.5) is 0 Å². The normalized spacial score (nSPS) is 27.6. The van der Waals surface area contributed by atoms with Crippen molar-refractivity contribution in [3.05, 3.63) is 48.1 Å². The third kappa shape index (κ3) is 3.06. The Labute approximate surface area is 81.4 Å². The molecule has 1 aliphatic rings. The van der Waals surface area contributed by atoms with Crippen LogP contribution in [0.15, 0.2) is 48.1 Å². The highest BCUT2D eigenvalue weighted by molar-refractivity contribution is 5.36. The molecule has 0 aromatic carbocycles. The van der Waals surface area contributed by atoms with Crippen molar-refractivity contribution in [3.8, 4) is 0 Å². The lowest BCUT2D eigenvalue weighted by Gasteiger charge is -2.18. The van der Waals surface area contributed by atoms with Gasteiger partial charge in [0.2, 0.25) is 0 Å². The van der Waals surface area contributed by atoms with Crippen LogP contribution in [0.5, 0.6) is 0 Å². The molecule has 0 aliphatic heterocycles. The quantitative estimate of drug-likeness (QED) is 0.526. The van der Waals surface area contributed by atoms with Crippen LogP contribution >= 0.6 is 0 Å². The van der Waals surface area contributed by atoms with E-state index in [0.29, 0.717) is 0 Å². The smallest absolute Gasteiger partial charge is 0.00135 e. The van der Waals surface area contributed by atoms with E-state index in [0.717, 1.165) is 6.42 Å². The highest BCUT2D eigenvalue weighted by atomic mass is 14.2. The summed E-state index contributed by atoms with van der Waals surface area (Å²) in [4.78, 5) is 0. The molecule has 0 aromatic heterocycles. The van der Waals surface area contributed by atoms with Crippen molar-refractivity contribution in [1.29, 1.82) is 0 Å². The van der Waals surface area contributed by atoms with Gasteiger partial charge in [-0.2, -0.15) is 0 Å². The number of allylic oxidation sites excluding steroid dienone is 7. The maximum Gasteiger partial charge on any atom is 0.00135 e. The average Bonchev–Trinajstić information content (AvgIpc) is 1.99. The molecule has 0 heterocycles. The monoisotopic (exact) mass is 174 g/mol. The second-order valence-corrected chi connectivity index (χ2v) is 4.27. The molecule has 0 radical (unpaired) electrons. The number of hydrogen-bond acceptors (Lipinski definition) is 0. The molecule has 1 rings (SSSR count). The predicted molar refractivity (Wildman–Crippen MR) is 59.6 cm³/mol. The Morgan fingerprint density at radius 2 is 2.15 bits per heavy atom. The van der Waals surface area contributed by atoms with E-state index in [1.807, 2.05) is 6.08 Å². The van der Waals surface area contributed by atoms with E-state index in [-0.39, 0.29) is 5.41 Å². The maximum absolute atomic E-state index is 3.82. The first-order chi connectivity index (χ1) is 6.03. The second-order valence-electron chi connectivity index (χ2n) is 4.27. The van der Waals surface area contributed by atoms with Gasteiger partial charge in [-0.15, -0.1) is 0 Å². The lowest BCUT2D eigenvalue weighted by Crippen LogP contribution is -2.04. The lowest BCUT2D eigenvalue weighted by atomic mass is 9.87. The maximum atomic E-state index is 3.82. The molecule has 0 atom stereocenters. The minimum Gasteiger partial charge on any atom is -0.0985 e. The Hall–Kier alpha value is -1.04. The predicted octanol–water partition coefficient (Wildman–Crippen LogP) is 4.03. The van der Waals surface area contributed by atoms with E-state index in [2.05, 4.69) is 51.7 Å². The lowest BCUT2D eigenvalue weighted by molar-refractivity contribution is 0.620. The Bertz CT molecular complexity index is 285. The van der Waals surface area contributed by atoms with Crippen molar-refractivity contribution < 1.29 is 0 Å². The van der Waals surface area contributed by atoms with E-state index in [1.165, 1.54) is 11.1 Å². The van der Waals surface area contributed by atoms with Crippen LogP contribution in [-0.2, 0) is 0 Å².